The van der Waals surface area contributed by atoms with Crippen molar-refractivity contribution in [2.24, 2.45) is 5.92 Å². The molecule has 2 heterocycles. The number of carbonyl (C=O) groups is 1. The Kier molecular flexibility index (Phi) is 6.98. The Hall–Kier alpha value is 0.0700. The zero-order chi connectivity index (χ0) is 13.1. The molecule has 1 amide bonds. The van der Waals surface area contributed by atoms with E-state index < -0.39 is 0 Å². The minimum Gasteiger partial charge on any atom is -0.340 e. The van der Waals surface area contributed by atoms with Gasteiger partial charge in [-0.3, -0.25) is 4.79 Å². The summed E-state index contributed by atoms with van der Waals surface area (Å²) in [6.45, 7) is 8.32. The van der Waals surface area contributed by atoms with E-state index in [2.05, 4.69) is 31.0 Å². The average molecular weight is 307 g/mol. The van der Waals surface area contributed by atoms with Crippen molar-refractivity contribution in [3.63, 3.8) is 0 Å². The van der Waals surface area contributed by atoms with E-state index in [-0.39, 0.29) is 17.7 Å². The maximum absolute atomic E-state index is 12.6. The fourth-order valence-electron chi connectivity index (χ4n) is 3.05. The number of halogens is 1. The summed E-state index contributed by atoms with van der Waals surface area (Å²) in [7, 11) is 0. The number of thioether (sulfide) groups is 1. The van der Waals surface area contributed by atoms with Gasteiger partial charge in [0.25, 0.3) is 0 Å². The highest BCUT2D eigenvalue weighted by Gasteiger charge is 2.34. The molecule has 2 aliphatic heterocycles. The maximum Gasteiger partial charge on any atom is 0.236 e. The summed E-state index contributed by atoms with van der Waals surface area (Å²) in [4.78, 5) is 14.8. The van der Waals surface area contributed by atoms with Crippen LogP contribution in [0.15, 0.2) is 0 Å². The van der Waals surface area contributed by atoms with Crippen LogP contribution in [0.5, 0.6) is 0 Å². The van der Waals surface area contributed by atoms with Crippen molar-refractivity contribution < 1.29 is 4.79 Å². The van der Waals surface area contributed by atoms with Gasteiger partial charge in [-0.1, -0.05) is 20.8 Å². The normalized spacial score (nSPS) is 27.9. The Morgan fingerprint density at radius 2 is 2.00 bits per heavy atom. The molecule has 1 N–H and O–H groups in total. The van der Waals surface area contributed by atoms with Crippen LogP contribution < -0.4 is 5.32 Å². The van der Waals surface area contributed by atoms with Gasteiger partial charge in [-0.15, -0.1) is 24.2 Å². The Morgan fingerprint density at radius 1 is 1.32 bits per heavy atom. The first-order chi connectivity index (χ1) is 8.61. The quantitative estimate of drug-likeness (QED) is 0.866. The van der Waals surface area contributed by atoms with E-state index in [1.807, 2.05) is 0 Å². The predicted octanol–water partition coefficient (Wildman–Crippen LogP) is 2.54. The molecule has 2 fully saturated rings. The third-order valence-corrected chi connectivity index (χ3v) is 5.47. The van der Waals surface area contributed by atoms with E-state index in [4.69, 9.17) is 0 Å². The Balaban J connectivity index is 0.00000180. The van der Waals surface area contributed by atoms with Crippen LogP contribution >= 0.6 is 24.2 Å². The number of nitrogens with zero attached hydrogens (tertiary/aromatic N) is 1. The van der Waals surface area contributed by atoms with E-state index >= 15 is 0 Å². The molecule has 3 unspecified atom stereocenters. The lowest BCUT2D eigenvalue weighted by Gasteiger charge is -2.30. The second-order valence-corrected chi connectivity index (χ2v) is 7.25. The molecule has 19 heavy (non-hydrogen) atoms. The molecule has 2 aliphatic rings. The SMILES string of the molecule is CCSC(C(=O)N1CCC2CCC(C1)N2)C(C)C.Cl. The highest BCUT2D eigenvalue weighted by molar-refractivity contribution is 8.00. The predicted molar refractivity (Wildman–Crippen MR) is 85.1 cm³/mol. The summed E-state index contributed by atoms with van der Waals surface area (Å²) >= 11 is 1.80. The molecule has 0 saturated carbocycles. The first kappa shape index (κ1) is 17.1. The summed E-state index contributed by atoms with van der Waals surface area (Å²) in [5.41, 5.74) is 0. The molecule has 2 rings (SSSR count). The lowest BCUT2D eigenvalue weighted by atomic mass is 10.1. The summed E-state index contributed by atoms with van der Waals surface area (Å²) in [6, 6.07) is 1.20. The molecule has 0 aromatic carbocycles. The molecule has 3 atom stereocenters. The number of hydrogen-bond acceptors (Lipinski definition) is 3. The first-order valence-corrected chi connectivity index (χ1v) is 8.33. The van der Waals surface area contributed by atoms with Gasteiger partial charge in [0.15, 0.2) is 0 Å². The molecule has 112 valence electrons. The minimum atomic E-state index is 0. The number of nitrogens with one attached hydrogen (secondary N) is 1. The molecule has 5 heteroatoms. The van der Waals surface area contributed by atoms with Crippen molar-refractivity contribution in [3.05, 3.63) is 0 Å². The summed E-state index contributed by atoms with van der Waals surface area (Å²) in [5, 5.41) is 3.78. The number of rotatable bonds is 4. The lowest BCUT2D eigenvalue weighted by molar-refractivity contribution is -0.131. The fourth-order valence-corrected chi connectivity index (χ4v) is 4.09. The first-order valence-electron chi connectivity index (χ1n) is 7.28. The minimum absolute atomic E-state index is 0. The monoisotopic (exact) mass is 306 g/mol. The highest BCUT2D eigenvalue weighted by Crippen LogP contribution is 2.25. The second kappa shape index (κ2) is 7.75. The maximum atomic E-state index is 12.6. The average Bonchev–Trinajstić information content (AvgIpc) is 2.64. The van der Waals surface area contributed by atoms with Crippen LogP contribution in [0.4, 0.5) is 0 Å². The van der Waals surface area contributed by atoms with Crippen molar-refractivity contribution >= 4 is 30.1 Å². The van der Waals surface area contributed by atoms with Crippen molar-refractivity contribution in [1.82, 2.24) is 10.2 Å². The smallest absolute Gasteiger partial charge is 0.236 e. The van der Waals surface area contributed by atoms with Crippen LogP contribution in [0.2, 0.25) is 0 Å². The molecule has 2 saturated heterocycles. The molecule has 2 bridgehead atoms. The van der Waals surface area contributed by atoms with E-state index in [9.17, 15) is 4.79 Å². The standard InChI is InChI=1S/C14H26N2OS.ClH/c1-4-18-13(10(2)3)14(17)16-8-7-11-5-6-12(9-16)15-11;/h10-13,15H,4-9H2,1-3H3;1H. The molecule has 0 spiro atoms. The van der Waals surface area contributed by atoms with Crippen molar-refractivity contribution in [3.8, 4) is 0 Å². The second-order valence-electron chi connectivity index (χ2n) is 5.83. The third kappa shape index (κ3) is 4.27. The number of amides is 1. The lowest BCUT2D eigenvalue weighted by Crippen LogP contribution is -2.44. The van der Waals surface area contributed by atoms with Crippen molar-refractivity contribution in [2.45, 2.75) is 57.4 Å². The Morgan fingerprint density at radius 3 is 2.63 bits per heavy atom. The molecule has 0 aromatic heterocycles. The number of hydrogen-bond donors (Lipinski definition) is 1. The van der Waals surface area contributed by atoms with Gasteiger partial charge in [0, 0.05) is 25.2 Å². The van der Waals surface area contributed by atoms with Crippen LogP contribution in [0, 0.1) is 5.92 Å². The third-order valence-electron chi connectivity index (χ3n) is 4.03. The van der Waals surface area contributed by atoms with Gasteiger partial charge in [-0.2, -0.15) is 0 Å². The van der Waals surface area contributed by atoms with Crippen molar-refractivity contribution in [2.75, 3.05) is 18.8 Å². The van der Waals surface area contributed by atoms with Gasteiger partial charge in [-0.05, 0) is 30.9 Å². The van der Waals surface area contributed by atoms with Crippen molar-refractivity contribution in [1.29, 1.82) is 0 Å². The van der Waals surface area contributed by atoms with Crippen LogP contribution in [-0.2, 0) is 4.79 Å². The molecule has 0 aliphatic carbocycles. The molecular weight excluding hydrogens is 280 g/mol. The van der Waals surface area contributed by atoms with E-state index in [0.29, 0.717) is 23.9 Å². The number of carbonyl (C=O) groups excluding carboxylic acids is 1. The number of likely N-dealkylation sites (tertiary alicyclic amines) is 1. The zero-order valence-electron chi connectivity index (χ0n) is 12.2. The summed E-state index contributed by atoms with van der Waals surface area (Å²) < 4.78 is 0. The molecule has 0 aromatic rings. The van der Waals surface area contributed by atoms with Gasteiger partial charge in [-0.25, -0.2) is 0 Å². The van der Waals surface area contributed by atoms with Gasteiger partial charge >= 0.3 is 0 Å². The van der Waals surface area contributed by atoms with E-state index in [0.717, 1.165) is 25.3 Å². The Bertz CT molecular complexity index is 301. The Labute approximate surface area is 127 Å². The zero-order valence-corrected chi connectivity index (χ0v) is 13.9. The highest BCUT2D eigenvalue weighted by atomic mass is 35.5. The number of fused-ring (bicyclic) bond motifs is 2. The van der Waals surface area contributed by atoms with Gasteiger partial charge in [0.1, 0.15) is 0 Å². The summed E-state index contributed by atoms with van der Waals surface area (Å²) in [5.74, 6) is 1.81. The van der Waals surface area contributed by atoms with Gasteiger partial charge in [0.05, 0.1) is 5.25 Å². The largest absolute Gasteiger partial charge is 0.340 e. The molecule has 3 nitrogen and oxygen atoms in total. The van der Waals surface area contributed by atoms with Crippen LogP contribution in [-0.4, -0.2) is 47.0 Å². The van der Waals surface area contributed by atoms with Crippen LogP contribution in [0.3, 0.4) is 0 Å². The van der Waals surface area contributed by atoms with E-state index in [1.165, 1.54) is 12.8 Å². The van der Waals surface area contributed by atoms with Gasteiger partial charge < -0.3 is 10.2 Å². The topological polar surface area (TPSA) is 32.3 Å². The van der Waals surface area contributed by atoms with Crippen LogP contribution in [0.1, 0.15) is 40.0 Å². The summed E-state index contributed by atoms with van der Waals surface area (Å²) in [6.07, 6.45) is 3.66. The molecule has 0 radical (unpaired) electrons. The van der Waals surface area contributed by atoms with E-state index in [1.54, 1.807) is 11.8 Å². The molecular formula is C14H27ClN2OS. The fraction of sp³-hybridized carbons (Fsp3) is 0.929. The van der Waals surface area contributed by atoms with Crippen LogP contribution in [0.25, 0.3) is 0 Å². The van der Waals surface area contributed by atoms with Gasteiger partial charge in [0.2, 0.25) is 5.91 Å².